The van der Waals surface area contributed by atoms with E-state index in [0.29, 0.717) is 0 Å². The molecule has 0 unspecified atom stereocenters. The van der Waals surface area contributed by atoms with Gasteiger partial charge >= 0.3 is 0 Å². The number of nitrogens with one attached hydrogen (secondary N) is 1. The molecule has 1 fully saturated rings. The van der Waals surface area contributed by atoms with Crippen LogP contribution in [-0.2, 0) is 6.54 Å². The van der Waals surface area contributed by atoms with Crippen LogP contribution in [0, 0.1) is 5.92 Å². The summed E-state index contributed by atoms with van der Waals surface area (Å²) in [6.45, 7) is 8.78. The van der Waals surface area contributed by atoms with Gasteiger partial charge in [-0.25, -0.2) is 0 Å². The summed E-state index contributed by atoms with van der Waals surface area (Å²) in [6.07, 6.45) is 4.01. The maximum absolute atomic E-state index is 3.71. The summed E-state index contributed by atoms with van der Waals surface area (Å²) in [4.78, 5) is 2.49. The summed E-state index contributed by atoms with van der Waals surface area (Å²) >= 11 is 3.71. The van der Waals surface area contributed by atoms with Crippen LogP contribution in [0.25, 0.3) is 0 Å². The van der Waals surface area contributed by atoms with Crippen molar-refractivity contribution in [2.45, 2.75) is 39.7 Å². The molecule has 2 rings (SSSR count). The van der Waals surface area contributed by atoms with E-state index in [1.54, 1.807) is 0 Å². The van der Waals surface area contributed by atoms with Crippen LogP contribution in [0.5, 0.6) is 0 Å². The van der Waals surface area contributed by atoms with Gasteiger partial charge in [-0.1, -0.05) is 28.9 Å². The van der Waals surface area contributed by atoms with Crippen molar-refractivity contribution in [2.24, 2.45) is 5.92 Å². The molecule has 1 N–H and O–H groups in total. The van der Waals surface area contributed by atoms with Crippen molar-refractivity contribution in [3.63, 3.8) is 0 Å². The average molecular weight is 325 g/mol. The van der Waals surface area contributed by atoms with E-state index < -0.39 is 0 Å². The molecule has 1 aliphatic carbocycles. The normalized spacial score (nSPS) is 14.7. The van der Waals surface area contributed by atoms with Crippen LogP contribution in [0.1, 0.15) is 38.7 Å². The lowest BCUT2D eigenvalue weighted by atomic mass is 10.2. The molecule has 1 aromatic carbocycles. The summed E-state index contributed by atoms with van der Waals surface area (Å²) in [5.74, 6) is 0.935. The summed E-state index contributed by atoms with van der Waals surface area (Å²) in [7, 11) is 0. The zero-order chi connectivity index (χ0) is 13.7. The largest absolute Gasteiger partial charge is 0.372 e. The van der Waals surface area contributed by atoms with Crippen molar-refractivity contribution < 1.29 is 0 Å². The second-order valence-electron chi connectivity index (χ2n) is 5.43. The molecule has 1 saturated carbocycles. The Kier molecular flexibility index (Phi) is 5.71. The minimum atomic E-state index is 0.935. The third-order valence-electron chi connectivity index (χ3n) is 3.70. The van der Waals surface area contributed by atoms with Gasteiger partial charge in [0.05, 0.1) is 0 Å². The molecule has 0 amide bonds. The van der Waals surface area contributed by atoms with Crippen LogP contribution in [0.3, 0.4) is 0 Å². The minimum absolute atomic E-state index is 0.935. The Morgan fingerprint density at radius 2 is 2.11 bits per heavy atom. The van der Waals surface area contributed by atoms with Crippen molar-refractivity contribution >= 4 is 21.6 Å². The summed E-state index contributed by atoms with van der Waals surface area (Å²) in [5, 5.41) is 3.45. The highest BCUT2D eigenvalue weighted by Gasteiger charge is 2.24. The molecule has 1 aliphatic rings. The number of hydrogen-bond acceptors (Lipinski definition) is 2. The van der Waals surface area contributed by atoms with Gasteiger partial charge in [-0.3, -0.25) is 0 Å². The fourth-order valence-corrected chi connectivity index (χ4v) is 2.81. The Balaban J connectivity index is 1.99. The van der Waals surface area contributed by atoms with Crippen molar-refractivity contribution in [1.29, 1.82) is 0 Å². The van der Waals surface area contributed by atoms with Crippen molar-refractivity contribution in [3.05, 3.63) is 28.2 Å². The Bertz CT molecular complexity index is 402. The number of halogens is 1. The van der Waals surface area contributed by atoms with Gasteiger partial charge in [-0.05, 0) is 56.3 Å². The highest BCUT2D eigenvalue weighted by Crippen LogP contribution is 2.32. The van der Waals surface area contributed by atoms with E-state index in [1.165, 1.54) is 41.5 Å². The first kappa shape index (κ1) is 14.9. The molecule has 106 valence electrons. The van der Waals surface area contributed by atoms with Crippen LogP contribution in [0.4, 0.5) is 5.69 Å². The molecular formula is C16H25BrN2. The first-order valence-electron chi connectivity index (χ1n) is 7.48. The standard InChI is InChI=1S/C16H25BrN2/c1-3-9-18-11-14-7-8-15(10-16(14)17)19(4-2)12-13-5-6-13/h7-8,10,13,18H,3-6,9,11-12H2,1-2H3. The van der Waals surface area contributed by atoms with Gasteiger partial charge in [0.25, 0.3) is 0 Å². The first-order valence-corrected chi connectivity index (χ1v) is 8.28. The fraction of sp³-hybridized carbons (Fsp3) is 0.625. The molecule has 0 saturated heterocycles. The van der Waals surface area contributed by atoms with Gasteiger partial charge in [0.1, 0.15) is 0 Å². The van der Waals surface area contributed by atoms with Crippen LogP contribution in [-0.4, -0.2) is 19.6 Å². The lowest BCUT2D eigenvalue weighted by Crippen LogP contribution is -2.25. The SMILES string of the molecule is CCCNCc1ccc(N(CC)CC2CC2)cc1Br. The molecule has 0 bridgehead atoms. The molecule has 3 heteroatoms. The second-order valence-corrected chi connectivity index (χ2v) is 6.29. The second kappa shape index (κ2) is 7.30. The smallest absolute Gasteiger partial charge is 0.0377 e. The van der Waals surface area contributed by atoms with Crippen molar-refractivity contribution in [2.75, 3.05) is 24.5 Å². The lowest BCUT2D eigenvalue weighted by molar-refractivity contribution is 0.673. The van der Waals surface area contributed by atoms with Crippen LogP contribution in [0.2, 0.25) is 0 Å². The maximum Gasteiger partial charge on any atom is 0.0377 e. The third-order valence-corrected chi connectivity index (χ3v) is 4.44. The van der Waals surface area contributed by atoms with Crippen molar-refractivity contribution in [1.82, 2.24) is 5.32 Å². The van der Waals surface area contributed by atoms with E-state index in [1.807, 2.05) is 0 Å². The van der Waals surface area contributed by atoms with E-state index in [2.05, 4.69) is 58.2 Å². The Hall–Kier alpha value is -0.540. The molecule has 2 nitrogen and oxygen atoms in total. The van der Waals surface area contributed by atoms with E-state index in [9.17, 15) is 0 Å². The average Bonchev–Trinajstić information content (AvgIpc) is 3.22. The Morgan fingerprint density at radius 3 is 2.68 bits per heavy atom. The maximum atomic E-state index is 3.71. The zero-order valence-electron chi connectivity index (χ0n) is 12.1. The molecule has 1 aromatic rings. The first-order chi connectivity index (χ1) is 9.24. The molecule has 0 aromatic heterocycles. The van der Waals surface area contributed by atoms with Crippen molar-refractivity contribution in [3.8, 4) is 0 Å². The Labute approximate surface area is 125 Å². The quantitative estimate of drug-likeness (QED) is 0.721. The lowest BCUT2D eigenvalue weighted by Gasteiger charge is -2.24. The molecule has 0 radical (unpaired) electrons. The van der Waals surface area contributed by atoms with E-state index in [-0.39, 0.29) is 0 Å². The molecular weight excluding hydrogens is 300 g/mol. The number of benzene rings is 1. The van der Waals surface area contributed by atoms with E-state index in [0.717, 1.165) is 25.6 Å². The Morgan fingerprint density at radius 1 is 1.32 bits per heavy atom. The predicted octanol–water partition coefficient (Wildman–Crippen LogP) is 4.19. The monoisotopic (exact) mass is 324 g/mol. The van der Waals surface area contributed by atoms with E-state index >= 15 is 0 Å². The number of nitrogens with zero attached hydrogens (tertiary/aromatic N) is 1. The molecule has 0 heterocycles. The van der Waals surface area contributed by atoms with Gasteiger partial charge in [0.15, 0.2) is 0 Å². The summed E-state index contributed by atoms with van der Waals surface area (Å²) in [6, 6.07) is 6.78. The highest BCUT2D eigenvalue weighted by molar-refractivity contribution is 9.10. The van der Waals surface area contributed by atoms with Gasteiger partial charge in [-0.15, -0.1) is 0 Å². The van der Waals surface area contributed by atoms with Gasteiger partial charge in [-0.2, -0.15) is 0 Å². The van der Waals surface area contributed by atoms with Crippen LogP contribution >= 0.6 is 15.9 Å². The van der Waals surface area contributed by atoms with Gasteiger partial charge in [0.2, 0.25) is 0 Å². The topological polar surface area (TPSA) is 15.3 Å². The minimum Gasteiger partial charge on any atom is -0.372 e. The van der Waals surface area contributed by atoms with Crippen LogP contribution in [0.15, 0.2) is 22.7 Å². The fourth-order valence-electron chi connectivity index (χ4n) is 2.31. The van der Waals surface area contributed by atoms with Crippen LogP contribution < -0.4 is 10.2 Å². The summed E-state index contributed by atoms with van der Waals surface area (Å²) < 4.78 is 1.22. The molecule has 0 aliphatic heterocycles. The number of hydrogen-bond donors (Lipinski definition) is 1. The highest BCUT2D eigenvalue weighted by atomic mass is 79.9. The molecule has 19 heavy (non-hydrogen) atoms. The van der Waals surface area contributed by atoms with Gasteiger partial charge in [0, 0.05) is 29.8 Å². The third kappa shape index (κ3) is 4.50. The van der Waals surface area contributed by atoms with Gasteiger partial charge < -0.3 is 10.2 Å². The number of rotatable bonds is 8. The predicted molar refractivity (Wildman–Crippen MR) is 86.8 cm³/mol. The van der Waals surface area contributed by atoms with E-state index in [4.69, 9.17) is 0 Å². The number of anilines is 1. The molecule has 0 atom stereocenters. The summed E-state index contributed by atoms with van der Waals surface area (Å²) in [5.41, 5.74) is 2.69. The zero-order valence-corrected chi connectivity index (χ0v) is 13.7. The molecule has 0 spiro atoms.